The summed E-state index contributed by atoms with van der Waals surface area (Å²) in [4.78, 5) is 23.1. The Morgan fingerprint density at radius 3 is 2.70 bits per heavy atom. The highest BCUT2D eigenvalue weighted by Gasteiger charge is 2.28. The lowest BCUT2D eigenvalue weighted by Gasteiger charge is -2.14. The predicted octanol–water partition coefficient (Wildman–Crippen LogP) is 0.615. The quantitative estimate of drug-likeness (QED) is 0.652. The second kappa shape index (κ2) is 6.02. The van der Waals surface area contributed by atoms with Crippen LogP contribution in [0, 0.1) is 6.92 Å². The molecule has 1 fully saturated rings. The number of benzene rings is 1. The first kappa shape index (κ1) is 14.5. The van der Waals surface area contributed by atoms with E-state index in [2.05, 4.69) is 16.0 Å². The fourth-order valence-corrected chi connectivity index (χ4v) is 2.17. The van der Waals surface area contributed by atoms with Gasteiger partial charge in [-0.3, -0.25) is 9.59 Å². The highest BCUT2D eigenvalue weighted by Crippen LogP contribution is 2.21. The molecule has 6 heteroatoms. The number of aryl methyl sites for hydroxylation is 1. The highest BCUT2D eigenvalue weighted by atomic mass is 16.3. The van der Waals surface area contributed by atoms with Crippen LogP contribution in [0.1, 0.15) is 18.9 Å². The van der Waals surface area contributed by atoms with Gasteiger partial charge in [0.15, 0.2) is 0 Å². The van der Waals surface area contributed by atoms with Crippen molar-refractivity contribution in [2.75, 3.05) is 17.2 Å². The minimum Gasteiger partial charge on any atom is -0.392 e. The Morgan fingerprint density at radius 1 is 1.35 bits per heavy atom. The molecule has 1 aromatic rings. The second-order valence-corrected chi connectivity index (χ2v) is 5.05. The maximum Gasteiger partial charge on any atom is 0.241 e. The minimum absolute atomic E-state index is 0.160. The average molecular weight is 277 g/mol. The molecular formula is C14H19N3O3. The van der Waals surface area contributed by atoms with Gasteiger partial charge in [-0.2, -0.15) is 0 Å². The van der Waals surface area contributed by atoms with Crippen molar-refractivity contribution in [1.29, 1.82) is 0 Å². The van der Waals surface area contributed by atoms with Crippen molar-refractivity contribution in [3.05, 3.63) is 23.8 Å². The van der Waals surface area contributed by atoms with Crippen LogP contribution in [-0.4, -0.2) is 35.6 Å². The van der Waals surface area contributed by atoms with Crippen LogP contribution < -0.4 is 16.0 Å². The zero-order chi connectivity index (χ0) is 14.7. The van der Waals surface area contributed by atoms with Gasteiger partial charge in [0.2, 0.25) is 11.8 Å². The molecule has 0 radical (unpaired) electrons. The molecule has 1 heterocycles. The molecule has 4 N–H and O–H groups in total. The smallest absolute Gasteiger partial charge is 0.241 e. The van der Waals surface area contributed by atoms with E-state index >= 15 is 0 Å². The lowest BCUT2D eigenvalue weighted by Crippen LogP contribution is -2.35. The highest BCUT2D eigenvalue weighted by molar-refractivity contribution is 5.97. The van der Waals surface area contributed by atoms with Gasteiger partial charge in [0.05, 0.1) is 12.1 Å². The summed E-state index contributed by atoms with van der Waals surface area (Å²) in [6.07, 6.45) is -0.0615. The Balaban J connectivity index is 2.08. The number of anilines is 2. The number of hydrogen-bond acceptors (Lipinski definition) is 4. The van der Waals surface area contributed by atoms with Crippen molar-refractivity contribution < 1.29 is 14.7 Å². The summed E-state index contributed by atoms with van der Waals surface area (Å²) in [5.74, 6) is -0.337. The van der Waals surface area contributed by atoms with Gasteiger partial charge in [-0.15, -0.1) is 0 Å². The van der Waals surface area contributed by atoms with Gasteiger partial charge in [-0.1, -0.05) is 6.07 Å². The molecule has 0 aliphatic carbocycles. The number of carbonyl (C=O) groups is 2. The molecule has 1 aromatic carbocycles. The van der Waals surface area contributed by atoms with Crippen LogP contribution in [0.2, 0.25) is 0 Å². The molecule has 6 nitrogen and oxygen atoms in total. The second-order valence-electron chi connectivity index (χ2n) is 5.05. The Kier molecular flexibility index (Phi) is 4.36. The molecule has 0 spiro atoms. The minimum atomic E-state index is -0.474. The van der Waals surface area contributed by atoms with Crippen LogP contribution in [0.5, 0.6) is 0 Å². The molecule has 0 bridgehead atoms. The summed E-state index contributed by atoms with van der Waals surface area (Å²) in [5, 5.41) is 17.9. The molecule has 2 amide bonds. The summed E-state index contributed by atoms with van der Waals surface area (Å²) < 4.78 is 0. The van der Waals surface area contributed by atoms with Gasteiger partial charge in [-0.05, 0) is 31.0 Å². The van der Waals surface area contributed by atoms with Crippen molar-refractivity contribution in [3.8, 4) is 0 Å². The molecule has 2 unspecified atom stereocenters. The molecule has 0 saturated carbocycles. The summed E-state index contributed by atoms with van der Waals surface area (Å²) in [6.45, 7) is 3.75. The van der Waals surface area contributed by atoms with Gasteiger partial charge >= 0.3 is 0 Å². The molecule has 20 heavy (non-hydrogen) atoms. The average Bonchev–Trinajstić information content (AvgIpc) is 2.79. The van der Waals surface area contributed by atoms with Crippen molar-refractivity contribution in [2.45, 2.75) is 32.4 Å². The third-order valence-corrected chi connectivity index (χ3v) is 3.24. The van der Waals surface area contributed by atoms with E-state index in [4.69, 9.17) is 0 Å². The monoisotopic (exact) mass is 277 g/mol. The van der Waals surface area contributed by atoms with E-state index in [-0.39, 0.29) is 17.9 Å². The molecule has 2 rings (SSSR count). The van der Waals surface area contributed by atoms with Crippen LogP contribution in [0.4, 0.5) is 11.4 Å². The van der Waals surface area contributed by atoms with E-state index in [9.17, 15) is 14.7 Å². The van der Waals surface area contributed by atoms with Crippen molar-refractivity contribution >= 4 is 23.2 Å². The number of aliphatic hydroxyl groups excluding tert-OH is 1. The van der Waals surface area contributed by atoms with Crippen molar-refractivity contribution in [3.63, 3.8) is 0 Å². The van der Waals surface area contributed by atoms with Crippen LogP contribution in [0.3, 0.4) is 0 Å². The van der Waals surface area contributed by atoms with Crippen molar-refractivity contribution in [1.82, 2.24) is 5.32 Å². The first-order chi connectivity index (χ1) is 9.45. The van der Waals surface area contributed by atoms with Gasteiger partial charge in [0.25, 0.3) is 0 Å². The number of carbonyl (C=O) groups excluding carboxylic acids is 2. The van der Waals surface area contributed by atoms with E-state index in [1.54, 1.807) is 12.1 Å². The van der Waals surface area contributed by atoms with Crippen LogP contribution in [0.25, 0.3) is 0 Å². The summed E-state index contributed by atoms with van der Waals surface area (Å²) in [6, 6.07) is 4.95. The maximum absolute atomic E-state index is 12.1. The summed E-state index contributed by atoms with van der Waals surface area (Å²) >= 11 is 0. The Labute approximate surface area is 117 Å². The summed E-state index contributed by atoms with van der Waals surface area (Å²) in [5.41, 5.74) is 2.20. The lowest BCUT2D eigenvalue weighted by atomic mass is 10.1. The Morgan fingerprint density at radius 2 is 2.10 bits per heavy atom. The van der Waals surface area contributed by atoms with Gasteiger partial charge in [-0.25, -0.2) is 0 Å². The number of rotatable bonds is 3. The molecule has 1 saturated heterocycles. The van der Waals surface area contributed by atoms with E-state index < -0.39 is 6.10 Å². The van der Waals surface area contributed by atoms with Gasteiger partial charge in [0, 0.05) is 24.8 Å². The maximum atomic E-state index is 12.1. The zero-order valence-electron chi connectivity index (χ0n) is 11.6. The van der Waals surface area contributed by atoms with E-state index in [0.717, 1.165) is 5.56 Å². The van der Waals surface area contributed by atoms with Gasteiger partial charge < -0.3 is 21.1 Å². The number of nitrogens with one attached hydrogen (secondary N) is 3. The van der Waals surface area contributed by atoms with E-state index in [1.807, 2.05) is 13.0 Å². The normalized spacial score (nSPS) is 21.6. The van der Waals surface area contributed by atoms with Crippen LogP contribution in [0.15, 0.2) is 18.2 Å². The molecule has 1 aliphatic heterocycles. The number of amides is 2. The molecular weight excluding hydrogens is 258 g/mol. The lowest BCUT2D eigenvalue weighted by molar-refractivity contribution is -0.118. The standard InChI is InChI=1S/C14H19N3O3/c1-8-3-4-10(16-9(2)18)5-12(8)17-14(20)13-6-11(19)7-15-13/h3-5,11,13,15,19H,6-7H2,1-2H3,(H,16,18)(H,17,20). The third kappa shape index (κ3) is 3.55. The fourth-order valence-electron chi connectivity index (χ4n) is 2.17. The molecule has 1 aliphatic rings. The zero-order valence-corrected chi connectivity index (χ0v) is 11.6. The Bertz CT molecular complexity index is 530. The summed E-state index contributed by atoms with van der Waals surface area (Å²) in [7, 11) is 0. The fraction of sp³-hybridized carbons (Fsp3) is 0.429. The van der Waals surface area contributed by atoms with Crippen LogP contribution in [-0.2, 0) is 9.59 Å². The molecule has 2 atom stereocenters. The van der Waals surface area contributed by atoms with Gasteiger partial charge in [0.1, 0.15) is 0 Å². The third-order valence-electron chi connectivity index (χ3n) is 3.24. The number of hydrogen-bond donors (Lipinski definition) is 4. The van der Waals surface area contributed by atoms with E-state index in [1.165, 1.54) is 6.92 Å². The number of β-amino-alcohol motifs (C(OH)–C–C–N with tert-alkyl or cyclic N) is 1. The predicted molar refractivity (Wildman–Crippen MR) is 76.5 cm³/mol. The SMILES string of the molecule is CC(=O)Nc1ccc(C)c(NC(=O)C2CC(O)CN2)c1. The topological polar surface area (TPSA) is 90.5 Å². The largest absolute Gasteiger partial charge is 0.392 e. The van der Waals surface area contributed by atoms with E-state index in [0.29, 0.717) is 24.3 Å². The molecule has 0 aromatic heterocycles. The number of aliphatic hydroxyl groups is 1. The first-order valence-electron chi connectivity index (χ1n) is 6.56. The molecule has 108 valence electrons. The van der Waals surface area contributed by atoms with Crippen LogP contribution >= 0.6 is 0 Å². The van der Waals surface area contributed by atoms with Crippen molar-refractivity contribution in [2.24, 2.45) is 0 Å². The first-order valence-corrected chi connectivity index (χ1v) is 6.56. The Hall–Kier alpha value is -1.92.